The number of esters is 1. The SMILES string of the molecule is C=CC[C@H]1OC2(CCCCC2)O[C@H]1CC(=O)OC. The summed E-state index contributed by atoms with van der Waals surface area (Å²) in [7, 11) is 1.40. The minimum Gasteiger partial charge on any atom is -0.469 e. The number of carbonyl (C=O) groups excluding carboxylic acids is 1. The summed E-state index contributed by atoms with van der Waals surface area (Å²) >= 11 is 0. The van der Waals surface area contributed by atoms with Gasteiger partial charge in [-0.15, -0.1) is 6.58 Å². The van der Waals surface area contributed by atoms with E-state index in [2.05, 4.69) is 6.58 Å². The van der Waals surface area contributed by atoms with E-state index in [0.717, 1.165) is 25.7 Å². The molecule has 1 saturated heterocycles. The summed E-state index contributed by atoms with van der Waals surface area (Å²) in [5.74, 6) is -0.699. The van der Waals surface area contributed by atoms with Crippen LogP contribution >= 0.6 is 0 Å². The Hall–Kier alpha value is -0.870. The fraction of sp³-hybridized carbons (Fsp3) is 0.786. The third-order valence-electron chi connectivity index (χ3n) is 3.76. The Morgan fingerprint density at radius 3 is 2.61 bits per heavy atom. The second kappa shape index (κ2) is 5.85. The molecule has 2 rings (SSSR count). The van der Waals surface area contributed by atoms with Gasteiger partial charge in [0.25, 0.3) is 0 Å². The molecule has 1 spiro atoms. The smallest absolute Gasteiger partial charge is 0.308 e. The van der Waals surface area contributed by atoms with Gasteiger partial charge in [0.15, 0.2) is 5.79 Å². The minimum absolute atomic E-state index is 0.0697. The molecular weight excluding hydrogens is 232 g/mol. The van der Waals surface area contributed by atoms with E-state index in [0.29, 0.717) is 6.42 Å². The highest BCUT2D eigenvalue weighted by atomic mass is 16.8. The first-order valence-corrected chi connectivity index (χ1v) is 6.72. The molecule has 0 N–H and O–H groups in total. The summed E-state index contributed by atoms with van der Waals surface area (Å²) in [5.41, 5.74) is 0. The van der Waals surface area contributed by atoms with Gasteiger partial charge in [0.2, 0.25) is 0 Å². The zero-order valence-electron chi connectivity index (χ0n) is 11.0. The molecule has 0 aromatic rings. The van der Waals surface area contributed by atoms with Crippen molar-refractivity contribution in [3.8, 4) is 0 Å². The molecule has 4 nitrogen and oxygen atoms in total. The fourth-order valence-corrected chi connectivity index (χ4v) is 2.84. The molecule has 18 heavy (non-hydrogen) atoms. The predicted molar refractivity (Wildman–Crippen MR) is 67.0 cm³/mol. The van der Waals surface area contributed by atoms with Crippen LogP contribution in [0.15, 0.2) is 12.7 Å². The largest absolute Gasteiger partial charge is 0.469 e. The van der Waals surface area contributed by atoms with Crippen molar-refractivity contribution in [1.29, 1.82) is 0 Å². The van der Waals surface area contributed by atoms with Gasteiger partial charge in [0.05, 0.1) is 25.7 Å². The van der Waals surface area contributed by atoms with Gasteiger partial charge < -0.3 is 14.2 Å². The average Bonchev–Trinajstić information content (AvgIpc) is 2.68. The van der Waals surface area contributed by atoms with Crippen molar-refractivity contribution in [2.45, 2.75) is 62.9 Å². The lowest BCUT2D eigenvalue weighted by Crippen LogP contribution is -2.33. The van der Waals surface area contributed by atoms with Crippen LogP contribution in [0.3, 0.4) is 0 Å². The Labute approximate surface area is 108 Å². The molecule has 1 aliphatic carbocycles. The van der Waals surface area contributed by atoms with Gasteiger partial charge >= 0.3 is 5.97 Å². The van der Waals surface area contributed by atoms with Crippen molar-refractivity contribution in [2.24, 2.45) is 0 Å². The zero-order chi connectivity index (χ0) is 13.0. The van der Waals surface area contributed by atoms with Gasteiger partial charge in [-0.25, -0.2) is 0 Å². The number of ether oxygens (including phenoxy) is 3. The van der Waals surface area contributed by atoms with Crippen LogP contribution in [-0.4, -0.2) is 31.1 Å². The average molecular weight is 254 g/mol. The van der Waals surface area contributed by atoms with E-state index in [1.54, 1.807) is 0 Å². The van der Waals surface area contributed by atoms with Crippen LogP contribution in [0.2, 0.25) is 0 Å². The second-order valence-electron chi connectivity index (χ2n) is 5.09. The van der Waals surface area contributed by atoms with E-state index in [4.69, 9.17) is 14.2 Å². The molecule has 0 aromatic carbocycles. The summed E-state index contributed by atoms with van der Waals surface area (Å²) in [4.78, 5) is 11.4. The van der Waals surface area contributed by atoms with Gasteiger partial charge in [-0.05, 0) is 19.3 Å². The first-order valence-electron chi connectivity index (χ1n) is 6.72. The van der Waals surface area contributed by atoms with Crippen molar-refractivity contribution in [1.82, 2.24) is 0 Å². The van der Waals surface area contributed by atoms with Crippen LogP contribution in [0.1, 0.15) is 44.9 Å². The summed E-state index contributed by atoms with van der Waals surface area (Å²) in [6.45, 7) is 3.74. The monoisotopic (exact) mass is 254 g/mol. The van der Waals surface area contributed by atoms with Crippen molar-refractivity contribution < 1.29 is 19.0 Å². The van der Waals surface area contributed by atoms with E-state index in [9.17, 15) is 4.79 Å². The van der Waals surface area contributed by atoms with Crippen LogP contribution < -0.4 is 0 Å². The normalized spacial score (nSPS) is 30.3. The maximum atomic E-state index is 11.4. The number of methoxy groups -OCH3 is 1. The molecule has 4 heteroatoms. The maximum absolute atomic E-state index is 11.4. The van der Waals surface area contributed by atoms with E-state index in [1.165, 1.54) is 13.5 Å². The lowest BCUT2D eigenvalue weighted by molar-refractivity contribution is -0.194. The number of hydrogen-bond donors (Lipinski definition) is 0. The van der Waals surface area contributed by atoms with Crippen LogP contribution in [-0.2, 0) is 19.0 Å². The standard InChI is InChI=1S/C14H22O4/c1-3-7-11-12(10-13(15)16-2)18-14(17-11)8-5-4-6-9-14/h3,11-12H,1,4-10H2,2H3/t11-,12+/m1/s1. The first kappa shape index (κ1) is 13.6. The molecule has 0 unspecified atom stereocenters. The van der Waals surface area contributed by atoms with Crippen LogP contribution in [0.25, 0.3) is 0 Å². The van der Waals surface area contributed by atoms with Gasteiger partial charge in [-0.3, -0.25) is 4.79 Å². The summed E-state index contributed by atoms with van der Waals surface area (Å²) in [6, 6.07) is 0. The third-order valence-corrected chi connectivity index (χ3v) is 3.76. The van der Waals surface area contributed by atoms with Crippen molar-refractivity contribution in [3.63, 3.8) is 0 Å². The molecule has 102 valence electrons. The fourth-order valence-electron chi connectivity index (χ4n) is 2.84. The minimum atomic E-state index is -0.454. The van der Waals surface area contributed by atoms with Gasteiger partial charge in [-0.1, -0.05) is 12.5 Å². The molecule has 2 aliphatic rings. The Kier molecular flexibility index (Phi) is 4.40. The molecule has 0 bridgehead atoms. The Bertz CT molecular complexity index is 307. The highest BCUT2D eigenvalue weighted by Gasteiger charge is 2.47. The highest BCUT2D eigenvalue weighted by Crippen LogP contribution is 2.42. The number of carbonyl (C=O) groups is 1. The van der Waals surface area contributed by atoms with E-state index >= 15 is 0 Å². The Morgan fingerprint density at radius 1 is 1.33 bits per heavy atom. The summed E-state index contributed by atoms with van der Waals surface area (Å²) in [5, 5.41) is 0. The topological polar surface area (TPSA) is 44.8 Å². The molecule has 2 atom stereocenters. The van der Waals surface area contributed by atoms with Gasteiger partial charge in [0.1, 0.15) is 0 Å². The van der Waals surface area contributed by atoms with Crippen LogP contribution in [0.5, 0.6) is 0 Å². The van der Waals surface area contributed by atoms with Gasteiger partial charge in [-0.2, -0.15) is 0 Å². The molecule has 1 heterocycles. The van der Waals surface area contributed by atoms with Crippen molar-refractivity contribution >= 4 is 5.97 Å². The molecule has 0 amide bonds. The van der Waals surface area contributed by atoms with E-state index in [-0.39, 0.29) is 24.6 Å². The molecule has 0 aromatic heterocycles. The molecule has 1 aliphatic heterocycles. The van der Waals surface area contributed by atoms with Crippen molar-refractivity contribution in [2.75, 3.05) is 7.11 Å². The lowest BCUT2D eigenvalue weighted by atomic mass is 9.94. The highest BCUT2D eigenvalue weighted by molar-refractivity contribution is 5.69. The number of hydrogen-bond acceptors (Lipinski definition) is 4. The quantitative estimate of drug-likeness (QED) is 0.571. The maximum Gasteiger partial charge on any atom is 0.308 e. The summed E-state index contributed by atoms with van der Waals surface area (Å²) in [6.07, 6.45) is 7.88. The molecular formula is C14H22O4. The zero-order valence-corrected chi connectivity index (χ0v) is 11.0. The predicted octanol–water partition coefficient (Wildman–Crippen LogP) is 2.57. The van der Waals surface area contributed by atoms with Gasteiger partial charge in [0, 0.05) is 12.8 Å². The van der Waals surface area contributed by atoms with Crippen molar-refractivity contribution in [3.05, 3.63) is 12.7 Å². The molecule has 0 radical (unpaired) electrons. The molecule has 1 saturated carbocycles. The lowest BCUT2D eigenvalue weighted by Gasteiger charge is -2.32. The molecule has 2 fully saturated rings. The first-order chi connectivity index (χ1) is 8.69. The van der Waals surface area contributed by atoms with E-state index in [1.807, 2.05) is 6.08 Å². The Balaban J connectivity index is 2.02. The number of rotatable bonds is 4. The van der Waals surface area contributed by atoms with Crippen LogP contribution in [0, 0.1) is 0 Å². The second-order valence-corrected chi connectivity index (χ2v) is 5.09. The van der Waals surface area contributed by atoms with E-state index < -0.39 is 5.79 Å². The Morgan fingerprint density at radius 2 is 2.00 bits per heavy atom. The van der Waals surface area contributed by atoms with Crippen LogP contribution in [0.4, 0.5) is 0 Å². The summed E-state index contributed by atoms with van der Waals surface area (Å²) < 4.78 is 16.9. The third kappa shape index (κ3) is 2.93.